The van der Waals surface area contributed by atoms with E-state index in [-0.39, 0.29) is 5.41 Å². The number of aryl methyl sites for hydroxylation is 1. The second-order valence-electron chi connectivity index (χ2n) is 5.06. The fraction of sp³-hybridized carbons (Fsp3) is 0.462. The quantitative estimate of drug-likeness (QED) is 0.582. The third kappa shape index (κ3) is 4.45. The molecule has 1 rings (SSSR count). The van der Waals surface area contributed by atoms with Crippen LogP contribution in [-0.2, 0) is 9.78 Å². The Morgan fingerprint density at radius 3 is 2.56 bits per heavy atom. The molecule has 1 aromatic carbocycles. The van der Waals surface area contributed by atoms with Crippen LogP contribution < -0.4 is 0 Å². The van der Waals surface area contributed by atoms with Crippen molar-refractivity contribution in [2.45, 2.75) is 27.7 Å². The lowest BCUT2D eigenvalue weighted by molar-refractivity contribution is -0.255. The third-order valence-corrected chi connectivity index (χ3v) is 1.88. The maximum Gasteiger partial charge on any atom is 0.373 e. The third-order valence-electron chi connectivity index (χ3n) is 1.88. The molecule has 0 heterocycles. The maximum absolute atomic E-state index is 11.5. The maximum atomic E-state index is 11.5. The second kappa shape index (κ2) is 5.12. The largest absolute Gasteiger partial charge is 0.373 e. The van der Waals surface area contributed by atoms with Gasteiger partial charge in [0.25, 0.3) is 0 Å². The van der Waals surface area contributed by atoms with Crippen molar-refractivity contribution in [3.8, 4) is 0 Å². The number of hydrogen-bond donors (Lipinski definition) is 0. The standard InChI is InChI=1S/C13H18O3/c1-10-6-5-7-11(8-10)12(14)16-15-9-13(2,3)4/h5-8H,9H2,1-4H3. The van der Waals surface area contributed by atoms with Crippen molar-refractivity contribution in [1.82, 2.24) is 0 Å². The van der Waals surface area contributed by atoms with Gasteiger partial charge in [-0.2, -0.15) is 4.89 Å². The fourth-order valence-electron chi connectivity index (χ4n) is 1.08. The molecule has 3 nitrogen and oxygen atoms in total. The van der Waals surface area contributed by atoms with Gasteiger partial charge in [-0.3, -0.25) is 4.89 Å². The van der Waals surface area contributed by atoms with Crippen LogP contribution >= 0.6 is 0 Å². The number of benzene rings is 1. The van der Waals surface area contributed by atoms with E-state index >= 15 is 0 Å². The summed E-state index contributed by atoms with van der Waals surface area (Å²) in [6, 6.07) is 7.21. The first-order valence-electron chi connectivity index (χ1n) is 5.29. The van der Waals surface area contributed by atoms with E-state index < -0.39 is 5.97 Å². The zero-order valence-corrected chi connectivity index (χ0v) is 10.2. The topological polar surface area (TPSA) is 35.5 Å². The monoisotopic (exact) mass is 222 g/mol. The van der Waals surface area contributed by atoms with Crippen LogP contribution in [0.4, 0.5) is 0 Å². The molecule has 0 saturated carbocycles. The van der Waals surface area contributed by atoms with Gasteiger partial charge >= 0.3 is 5.97 Å². The summed E-state index contributed by atoms with van der Waals surface area (Å²) in [6.45, 7) is 8.33. The van der Waals surface area contributed by atoms with Gasteiger partial charge < -0.3 is 0 Å². The molecule has 0 aromatic heterocycles. The molecule has 0 bridgehead atoms. The molecule has 3 heteroatoms. The van der Waals surface area contributed by atoms with Crippen molar-refractivity contribution in [2.75, 3.05) is 6.61 Å². The first-order valence-corrected chi connectivity index (χ1v) is 5.29. The van der Waals surface area contributed by atoms with Gasteiger partial charge in [-0.25, -0.2) is 4.79 Å². The van der Waals surface area contributed by atoms with E-state index in [1.54, 1.807) is 12.1 Å². The van der Waals surface area contributed by atoms with Crippen molar-refractivity contribution in [3.05, 3.63) is 35.4 Å². The summed E-state index contributed by atoms with van der Waals surface area (Å²) >= 11 is 0. The summed E-state index contributed by atoms with van der Waals surface area (Å²) in [5, 5.41) is 0. The van der Waals surface area contributed by atoms with Gasteiger partial charge in [-0.05, 0) is 24.5 Å². The highest BCUT2D eigenvalue weighted by Crippen LogP contribution is 2.13. The molecule has 0 unspecified atom stereocenters. The van der Waals surface area contributed by atoms with Gasteiger partial charge in [-0.15, -0.1) is 0 Å². The molecule has 0 saturated heterocycles. The van der Waals surface area contributed by atoms with Crippen LogP contribution in [-0.4, -0.2) is 12.6 Å². The Kier molecular flexibility index (Phi) is 4.07. The van der Waals surface area contributed by atoms with Gasteiger partial charge in [0.15, 0.2) is 0 Å². The van der Waals surface area contributed by atoms with Crippen LogP contribution in [0.1, 0.15) is 36.7 Å². The molecule has 1 aromatic rings. The molecule has 0 aliphatic heterocycles. The summed E-state index contributed by atoms with van der Waals surface area (Å²) in [6.07, 6.45) is 0. The predicted octanol–water partition coefficient (Wildman–Crippen LogP) is 3.13. The number of carbonyl (C=O) groups excluding carboxylic acids is 1. The lowest BCUT2D eigenvalue weighted by Gasteiger charge is -2.16. The van der Waals surface area contributed by atoms with Gasteiger partial charge in [0.2, 0.25) is 0 Å². The minimum absolute atomic E-state index is 0.0209. The Hall–Kier alpha value is -1.35. The van der Waals surface area contributed by atoms with E-state index in [1.807, 2.05) is 39.8 Å². The van der Waals surface area contributed by atoms with Crippen LogP contribution in [0.5, 0.6) is 0 Å². The first-order chi connectivity index (χ1) is 7.38. The Bertz CT molecular complexity index is 364. The SMILES string of the molecule is Cc1cccc(C(=O)OOCC(C)(C)C)c1. The highest BCUT2D eigenvalue weighted by atomic mass is 17.2. The zero-order chi connectivity index (χ0) is 12.2. The van der Waals surface area contributed by atoms with Crippen molar-refractivity contribution in [3.63, 3.8) is 0 Å². The molecular formula is C13H18O3. The van der Waals surface area contributed by atoms with Gasteiger partial charge in [0.05, 0.1) is 12.2 Å². The molecule has 16 heavy (non-hydrogen) atoms. The van der Waals surface area contributed by atoms with Crippen LogP contribution in [0.15, 0.2) is 24.3 Å². The average molecular weight is 222 g/mol. The lowest BCUT2D eigenvalue weighted by Crippen LogP contribution is -2.17. The highest BCUT2D eigenvalue weighted by Gasteiger charge is 2.14. The van der Waals surface area contributed by atoms with Gasteiger partial charge in [-0.1, -0.05) is 38.5 Å². The molecule has 0 radical (unpaired) electrons. The second-order valence-corrected chi connectivity index (χ2v) is 5.06. The van der Waals surface area contributed by atoms with Crippen LogP contribution in [0.2, 0.25) is 0 Å². The Morgan fingerprint density at radius 1 is 1.31 bits per heavy atom. The lowest BCUT2D eigenvalue weighted by atomic mass is 9.99. The van der Waals surface area contributed by atoms with Crippen molar-refractivity contribution in [2.24, 2.45) is 5.41 Å². The minimum Gasteiger partial charge on any atom is -0.293 e. The zero-order valence-electron chi connectivity index (χ0n) is 10.2. The Labute approximate surface area is 96.3 Å². The molecule has 88 valence electrons. The normalized spacial score (nSPS) is 11.2. The van der Waals surface area contributed by atoms with Crippen LogP contribution in [0.25, 0.3) is 0 Å². The first kappa shape index (κ1) is 12.7. The van der Waals surface area contributed by atoms with E-state index in [0.717, 1.165) is 5.56 Å². The average Bonchev–Trinajstić information content (AvgIpc) is 2.15. The summed E-state index contributed by atoms with van der Waals surface area (Å²) in [5.41, 5.74) is 1.51. The molecule has 0 aliphatic rings. The van der Waals surface area contributed by atoms with Crippen LogP contribution in [0.3, 0.4) is 0 Å². The molecule has 0 aliphatic carbocycles. The van der Waals surface area contributed by atoms with Crippen molar-refractivity contribution >= 4 is 5.97 Å². The Morgan fingerprint density at radius 2 is 2.00 bits per heavy atom. The molecular weight excluding hydrogens is 204 g/mol. The van der Waals surface area contributed by atoms with E-state index in [1.165, 1.54) is 0 Å². The molecule has 0 atom stereocenters. The summed E-state index contributed by atoms with van der Waals surface area (Å²) < 4.78 is 0. The van der Waals surface area contributed by atoms with Crippen molar-refractivity contribution in [1.29, 1.82) is 0 Å². The molecule has 0 fully saturated rings. The Balaban J connectivity index is 2.47. The number of carbonyl (C=O) groups is 1. The molecule has 0 amide bonds. The summed E-state index contributed by atoms with van der Waals surface area (Å²) in [7, 11) is 0. The van der Waals surface area contributed by atoms with E-state index in [2.05, 4.69) is 0 Å². The van der Waals surface area contributed by atoms with Crippen LogP contribution in [0, 0.1) is 12.3 Å². The highest BCUT2D eigenvalue weighted by molar-refractivity contribution is 5.89. The predicted molar refractivity (Wildman–Crippen MR) is 62.0 cm³/mol. The van der Waals surface area contributed by atoms with Gasteiger partial charge in [0.1, 0.15) is 0 Å². The van der Waals surface area contributed by atoms with E-state index in [4.69, 9.17) is 9.78 Å². The summed E-state index contributed by atoms with van der Waals surface area (Å²) in [5.74, 6) is -0.451. The van der Waals surface area contributed by atoms with E-state index in [0.29, 0.717) is 12.2 Å². The van der Waals surface area contributed by atoms with Crippen molar-refractivity contribution < 1.29 is 14.6 Å². The number of rotatable bonds is 3. The summed E-state index contributed by atoms with van der Waals surface area (Å²) in [4.78, 5) is 21.2. The minimum atomic E-state index is -0.451. The smallest absolute Gasteiger partial charge is 0.293 e. The van der Waals surface area contributed by atoms with Gasteiger partial charge in [0, 0.05) is 0 Å². The van der Waals surface area contributed by atoms with E-state index in [9.17, 15) is 4.79 Å². The number of hydrogen-bond acceptors (Lipinski definition) is 3. The molecule has 0 spiro atoms. The molecule has 0 N–H and O–H groups in total. The fourth-order valence-corrected chi connectivity index (χ4v) is 1.08.